The molecule has 0 radical (unpaired) electrons. The van der Waals surface area contributed by atoms with Crippen LogP contribution < -0.4 is 5.32 Å². The second kappa shape index (κ2) is 7.64. The van der Waals surface area contributed by atoms with E-state index in [-0.39, 0.29) is 0 Å². The zero-order valence-corrected chi connectivity index (χ0v) is 13.3. The second-order valence-electron chi connectivity index (χ2n) is 7.28. The summed E-state index contributed by atoms with van der Waals surface area (Å²) >= 11 is 0. The molecule has 0 aromatic rings. The number of nitrogens with one attached hydrogen (secondary N) is 1. The van der Waals surface area contributed by atoms with Crippen LogP contribution in [0.4, 0.5) is 0 Å². The molecule has 0 spiro atoms. The van der Waals surface area contributed by atoms with E-state index in [4.69, 9.17) is 0 Å². The summed E-state index contributed by atoms with van der Waals surface area (Å²) in [5.41, 5.74) is 0. The molecular formula is C17H34N2. The molecule has 1 saturated heterocycles. The highest BCUT2D eigenvalue weighted by Gasteiger charge is 2.24. The SMILES string of the molecule is CC(CN1CCCCC1)NC1CCC(C(C)C)CC1. The van der Waals surface area contributed by atoms with E-state index in [9.17, 15) is 0 Å². The Balaban J connectivity index is 1.64. The molecule has 2 aliphatic rings. The molecule has 1 N–H and O–H groups in total. The largest absolute Gasteiger partial charge is 0.310 e. The molecule has 0 amide bonds. The van der Waals surface area contributed by atoms with E-state index in [2.05, 4.69) is 31.0 Å². The van der Waals surface area contributed by atoms with E-state index in [0.29, 0.717) is 6.04 Å². The van der Waals surface area contributed by atoms with Gasteiger partial charge >= 0.3 is 0 Å². The summed E-state index contributed by atoms with van der Waals surface area (Å²) < 4.78 is 0. The Kier molecular flexibility index (Phi) is 6.15. The van der Waals surface area contributed by atoms with Crippen LogP contribution in [0.2, 0.25) is 0 Å². The Morgan fingerprint density at radius 2 is 1.58 bits per heavy atom. The topological polar surface area (TPSA) is 15.3 Å². The monoisotopic (exact) mass is 266 g/mol. The zero-order chi connectivity index (χ0) is 13.7. The average molecular weight is 266 g/mol. The van der Waals surface area contributed by atoms with Crippen LogP contribution >= 0.6 is 0 Å². The van der Waals surface area contributed by atoms with Gasteiger partial charge in [0.05, 0.1) is 0 Å². The molecule has 2 rings (SSSR count). The molecule has 0 aromatic heterocycles. The minimum absolute atomic E-state index is 0.665. The zero-order valence-electron chi connectivity index (χ0n) is 13.3. The first-order valence-corrected chi connectivity index (χ1v) is 8.63. The van der Waals surface area contributed by atoms with Crippen LogP contribution in [0.15, 0.2) is 0 Å². The fraction of sp³-hybridized carbons (Fsp3) is 1.00. The number of hydrogen-bond acceptors (Lipinski definition) is 2. The van der Waals surface area contributed by atoms with Crippen LogP contribution in [-0.4, -0.2) is 36.6 Å². The fourth-order valence-corrected chi connectivity index (χ4v) is 3.94. The van der Waals surface area contributed by atoms with Crippen molar-refractivity contribution >= 4 is 0 Å². The second-order valence-corrected chi connectivity index (χ2v) is 7.28. The van der Waals surface area contributed by atoms with Crippen LogP contribution in [0.5, 0.6) is 0 Å². The smallest absolute Gasteiger partial charge is 0.0169 e. The average Bonchev–Trinajstić information content (AvgIpc) is 2.40. The summed E-state index contributed by atoms with van der Waals surface area (Å²) in [6, 6.07) is 1.45. The van der Waals surface area contributed by atoms with E-state index in [1.54, 1.807) is 0 Å². The van der Waals surface area contributed by atoms with E-state index in [1.165, 1.54) is 64.6 Å². The third-order valence-electron chi connectivity index (χ3n) is 5.22. The van der Waals surface area contributed by atoms with Gasteiger partial charge in [-0.15, -0.1) is 0 Å². The minimum Gasteiger partial charge on any atom is -0.310 e. The molecule has 1 aliphatic carbocycles. The highest BCUT2D eigenvalue weighted by Crippen LogP contribution is 2.30. The number of rotatable bonds is 5. The van der Waals surface area contributed by atoms with Crippen molar-refractivity contribution in [2.45, 2.75) is 77.8 Å². The van der Waals surface area contributed by atoms with Crippen molar-refractivity contribution in [3.8, 4) is 0 Å². The summed E-state index contributed by atoms with van der Waals surface area (Å²) in [6.07, 6.45) is 9.92. The quantitative estimate of drug-likeness (QED) is 0.817. The highest BCUT2D eigenvalue weighted by atomic mass is 15.2. The van der Waals surface area contributed by atoms with E-state index >= 15 is 0 Å². The Morgan fingerprint density at radius 1 is 0.947 bits per heavy atom. The molecule has 1 saturated carbocycles. The Hall–Kier alpha value is -0.0800. The molecule has 2 fully saturated rings. The third kappa shape index (κ3) is 5.07. The van der Waals surface area contributed by atoms with E-state index in [0.717, 1.165) is 17.9 Å². The van der Waals surface area contributed by atoms with Gasteiger partial charge in [-0.2, -0.15) is 0 Å². The van der Waals surface area contributed by atoms with Gasteiger partial charge in [-0.25, -0.2) is 0 Å². The van der Waals surface area contributed by atoms with Crippen LogP contribution in [0.3, 0.4) is 0 Å². The molecule has 1 atom stereocenters. The van der Waals surface area contributed by atoms with Crippen molar-refractivity contribution in [3.05, 3.63) is 0 Å². The Labute approximate surface area is 120 Å². The lowest BCUT2D eigenvalue weighted by Crippen LogP contribution is -2.46. The predicted octanol–water partition coefficient (Wildman–Crippen LogP) is 3.67. The van der Waals surface area contributed by atoms with E-state index < -0.39 is 0 Å². The number of piperidine rings is 1. The van der Waals surface area contributed by atoms with Crippen LogP contribution in [0, 0.1) is 11.8 Å². The maximum Gasteiger partial charge on any atom is 0.0169 e. The predicted molar refractivity (Wildman–Crippen MR) is 83.5 cm³/mol. The van der Waals surface area contributed by atoms with Gasteiger partial charge in [0.25, 0.3) is 0 Å². The fourth-order valence-electron chi connectivity index (χ4n) is 3.94. The first-order valence-electron chi connectivity index (χ1n) is 8.63. The Morgan fingerprint density at radius 3 is 2.16 bits per heavy atom. The minimum atomic E-state index is 0.665. The summed E-state index contributed by atoms with van der Waals surface area (Å²) in [7, 11) is 0. The molecule has 1 heterocycles. The lowest BCUT2D eigenvalue weighted by Gasteiger charge is -2.35. The van der Waals surface area contributed by atoms with Crippen LogP contribution in [-0.2, 0) is 0 Å². The van der Waals surface area contributed by atoms with Gasteiger partial charge in [0.1, 0.15) is 0 Å². The summed E-state index contributed by atoms with van der Waals surface area (Å²) in [5.74, 6) is 1.86. The lowest BCUT2D eigenvalue weighted by atomic mass is 9.79. The van der Waals surface area contributed by atoms with Gasteiger partial charge < -0.3 is 10.2 Å². The summed E-state index contributed by atoms with van der Waals surface area (Å²) in [5, 5.41) is 3.88. The molecule has 2 nitrogen and oxygen atoms in total. The van der Waals surface area contributed by atoms with Gasteiger partial charge in [-0.05, 0) is 70.4 Å². The van der Waals surface area contributed by atoms with Crippen molar-refractivity contribution in [2.24, 2.45) is 11.8 Å². The maximum absolute atomic E-state index is 3.88. The molecule has 19 heavy (non-hydrogen) atoms. The van der Waals surface area contributed by atoms with E-state index in [1.807, 2.05) is 0 Å². The normalized spacial score (nSPS) is 31.6. The number of likely N-dealkylation sites (tertiary alicyclic amines) is 1. The molecule has 0 aromatic carbocycles. The number of hydrogen-bond donors (Lipinski definition) is 1. The Bertz CT molecular complexity index is 238. The van der Waals surface area contributed by atoms with Gasteiger partial charge in [0.2, 0.25) is 0 Å². The van der Waals surface area contributed by atoms with Gasteiger partial charge in [-0.3, -0.25) is 0 Å². The van der Waals surface area contributed by atoms with Crippen molar-refractivity contribution in [3.63, 3.8) is 0 Å². The van der Waals surface area contributed by atoms with Crippen LogP contribution in [0.25, 0.3) is 0 Å². The summed E-state index contributed by atoms with van der Waals surface area (Å²) in [6.45, 7) is 11.1. The molecular weight excluding hydrogens is 232 g/mol. The molecule has 1 aliphatic heterocycles. The molecule has 2 heteroatoms. The highest BCUT2D eigenvalue weighted by molar-refractivity contribution is 4.81. The van der Waals surface area contributed by atoms with Crippen molar-refractivity contribution in [1.82, 2.24) is 10.2 Å². The van der Waals surface area contributed by atoms with Gasteiger partial charge in [0.15, 0.2) is 0 Å². The number of nitrogens with zero attached hydrogens (tertiary/aromatic N) is 1. The van der Waals surface area contributed by atoms with Gasteiger partial charge in [0, 0.05) is 18.6 Å². The molecule has 112 valence electrons. The van der Waals surface area contributed by atoms with Crippen molar-refractivity contribution in [2.75, 3.05) is 19.6 Å². The maximum atomic E-state index is 3.88. The molecule has 1 unspecified atom stereocenters. The van der Waals surface area contributed by atoms with Gasteiger partial charge in [-0.1, -0.05) is 20.3 Å². The van der Waals surface area contributed by atoms with Crippen molar-refractivity contribution < 1.29 is 0 Å². The third-order valence-corrected chi connectivity index (χ3v) is 5.22. The lowest BCUT2D eigenvalue weighted by molar-refractivity contribution is 0.186. The van der Waals surface area contributed by atoms with Crippen molar-refractivity contribution in [1.29, 1.82) is 0 Å². The summed E-state index contributed by atoms with van der Waals surface area (Å²) in [4.78, 5) is 2.65. The van der Waals surface area contributed by atoms with Crippen LogP contribution in [0.1, 0.15) is 65.7 Å². The first-order chi connectivity index (χ1) is 9.15. The molecule has 0 bridgehead atoms. The first kappa shape index (κ1) is 15.3. The standard InChI is InChI=1S/C17H34N2/c1-14(2)16-7-9-17(10-8-16)18-15(3)13-19-11-5-4-6-12-19/h14-18H,4-13H2,1-3H3.